The lowest BCUT2D eigenvalue weighted by atomic mass is 10.2. The molecular formula is C20H19ClN4O. The monoisotopic (exact) mass is 366 g/mol. The number of benzene rings is 2. The number of carbonyl (C=O) groups is 1. The van der Waals surface area contributed by atoms with Crippen LogP contribution in [0.5, 0.6) is 0 Å². The van der Waals surface area contributed by atoms with Crippen LogP contribution in [-0.4, -0.2) is 27.3 Å². The van der Waals surface area contributed by atoms with Crippen molar-refractivity contribution >= 4 is 29.0 Å². The van der Waals surface area contributed by atoms with E-state index in [0.717, 1.165) is 11.3 Å². The van der Waals surface area contributed by atoms with Crippen LogP contribution in [0.3, 0.4) is 0 Å². The second-order valence-corrected chi connectivity index (χ2v) is 6.11. The third kappa shape index (κ3) is 4.37. The maximum atomic E-state index is 12.8. The van der Waals surface area contributed by atoms with Gasteiger partial charge < -0.3 is 10.2 Å². The average Bonchev–Trinajstić information content (AvgIpc) is 2.68. The molecule has 1 amide bonds. The summed E-state index contributed by atoms with van der Waals surface area (Å²) in [4.78, 5) is 22.9. The van der Waals surface area contributed by atoms with E-state index >= 15 is 0 Å². The van der Waals surface area contributed by atoms with Crippen molar-refractivity contribution in [2.24, 2.45) is 0 Å². The van der Waals surface area contributed by atoms with Crippen LogP contribution in [0.25, 0.3) is 0 Å². The van der Waals surface area contributed by atoms with E-state index in [9.17, 15) is 4.79 Å². The van der Waals surface area contributed by atoms with Crippen molar-refractivity contribution in [3.05, 3.63) is 83.3 Å². The van der Waals surface area contributed by atoms with Crippen LogP contribution in [0.15, 0.2) is 67.0 Å². The summed E-state index contributed by atoms with van der Waals surface area (Å²) in [6.45, 7) is 3.07. The van der Waals surface area contributed by atoms with Crippen LogP contribution in [0, 0.1) is 0 Å². The molecule has 0 bridgehead atoms. The van der Waals surface area contributed by atoms with E-state index in [0.29, 0.717) is 29.6 Å². The minimum absolute atomic E-state index is 0.138. The summed E-state index contributed by atoms with van der Waals surface area (Å²) >= 11 is 6.16. The van der Waals surface area contributed by atoms with Gasteiger partial charge in [0.25, 0.3) is 5.91 Å². The molecule has 0 aliphatic rings. The van der Waals surface area contributed by atoms with Crippen LogP contribution in [0.4, 0.5) is 11.5 Å². The van der Waals surface area contributed by atoms with Crippen LogP contribution < -0.4 is 5.32 Å². The first-order chi connectivity index (χ1) is 12.7. The Labute approximate surface area is 157 Å². The minimum atomic E-state index is -0.138. The SMILES string of the molecule is CCN(Cc1ccccc1)C(=O)c1cc(Nc2ccccc2Cl)ncn1. The van der Waals surface area contributed by atoms with Crippen molar-refractivity contribution < 1.29 is 4.79 Å². The topological polar surface area (TPSA) is 58.1 Å². The second-order valence-electron chi connectivity index (χ2n) is 5.70. The lowest BCUT2D eigenvalue weighted by Crippen LogP contribution is -2.31. The average molecular weight is 367 g/mol. The molecule has 0 saturated heterocycles. The van der Waals surface area contributed by atoms with Gasteiger partial charge in [0, 0.05) is 19.2 Å². The molecule has 2 aromatic carbocycles. The van der Waals surface area contributed by atoms with E-state index in [1.807, 2.05) is 55.5 Å². The number of hydrogen-bond acceptors (Lipinski definition) is 4. The number of hydrogen-bond donors (Lipinski definition) is 1. The Balaban J connectivity index is 1.77. The number of nitrogens with one attached hydrogen (secondary N) is 1. The third-order valence-corrected chi connectivity index (χ3v) is 4.24. The molecule has 0 saturated carbocycles. The fourth-order valence-electron chi connectivity index (χ4n) is 2.54. The highest BCUT2D eigenvalue weighted by Gasteiger charge is 2.17. The highest BCUT2D eigenvalue weighted by atomic mass is 35.5. The van der Waals surface area contributed by atoms with Gasteiger partial charge in [-0.15, -0.1) is 0 Å². The lowest BCUT2D eigenvalue weighted by Gasteiger charge is -2.20. The van der Waals surface area contributed by atoms with Crippen LogP contribution >= 0.6 is 11.6 Å². The van der Waals surface area contributed by atoms with Crippen molar-refractivity contribution in [3.8, 4) is 0 Å². The Morgan fingerprint density at radius 2 is 1.81 bits per heavy atom. The van der Waals surface area contributed by atoms with Crippen LogP contribution in [0.1, 0.15) is 23.0 Å². The zero-order valence-electron chi connectivity index (χ0n) is 14.4. The second kappa shape index (κ2) is 8.45. The Morgan fingerprint density at radius 3 is 2.54 bits per heavy atom. The van der Waals surface area contributed by atoms with Crippen molar-refractivity contribution in [2.75, 3.05) is 11.9 Å². The van der Waals surface area contributed by atoms with Gasteiger partial charge in [-0.25, -0.2) is 9.97 Å². The first-order valence-electron chi connectivity index (χ1n) is 8.34. The largest absolute Gasteiger partial charge is 0.339 e. The number of carbonyl (C=O) groups excluding carboxylic acids is 1. The van der Waals surface area contributed by atoms with Gasteiger partial charge in [-0.3, -0.25) is 4.79 Å². The van der Waals surface area contributed by atoms with Gasteiger partial charge in [0.15, 0.2) is 0 Å². The maximum absolute atomic E-state index is 12.8. The summed E-state index contributed by atoms with van der Waals surface area (Å²) in [5, 5.41) is 3.70. The molecule has 26 heavy (non-hydrogen) atoms. The first kappa shape index (κ1) is 17.9. The predicted octanol–water partition coefficient (Wildman–Crippen LogP) is 4.54. The predicted molar refractivity (Wildman–Crippen MR) is 104 cm³/mol. The number of nitrogens with zero attached hydrogens (tertiary/aromatic N) is 3. The molecule has 3 aromatic rings. The molecule has 0 radical (unpaired) electrons. The fraction of sp³-hybridized carbons (Fsp3) is 0.150. The van der Waals surface area contributed by atoms with Gasteiger partial charge >= 0.3 is 0 Å². The molecule has 0 aliphatic carbocycles. The Kier molecular flexibility index (Phi) is 5.81. The van der Waals surface area contributed by atoms with E-state index in [1.165, 1.54) is 6.33 Å². The first-order valence-corrected chi connectivity index (χ1v) is 8.72. The van der Waals surface area contributed by atoms with Crippen LogP contribution in [0.2, 0.25) is 5.02 Å². The highest BCUT2D eigenvalue weighted by molar-refractivity contribution is 6.33. The number of aromatic nitrogens is 2. The molecule has 0 aliphatic heterocycles. The minimum Gasteiger partial charge on any atom is -0.339 e. The molecule has 1 heterocycles. The summed E-state index contributed by atoms with van der Waals surface area (Å²) in [5.74, 6) is 0.383. The van der Waals surface area contributed by atoms with Gasteiger partial charge in [0.1, 0.15) is 17.8 Å². The molecular weight excluding hydrogens is 348 g/mol. The van der Waals surface area contributed by atoms with Gasteiger partial charge in [-0.2, -0.15) is 0 Å². The summed E-state index contributed by atoms with van der Waals surface area (Å²) in [5.41, 5.74) is 2.14. The fourth-order valence-corrected chi connectivity index (χ4v) is 2.72. The standard InChI is InChI=1S/C20H19ClN4O/c1-2-25(13-15-8-4-3-5-9-15)20(26)18-12-19(23-14-22-18)24-17-11-7-6-10-16(17)21/h3-12,14H,2,13H2,1H3,(H,22,23,24). The molecule has 0 unspecified atom stereocenters. The van der Waals surface area contributed by atoms with E-state index in [-0.39, 0.29) is 5.91 Å². The van der Waals surface area contributed by atoms with Gasteiger partial charge in [-0.1, -0.05) is 54.1 Å². The van der Waals surface area contributed by atoms with E-state index < -0.39 is 0 Å². The summed E-state index contributed by atoms with van der Waals surface area (Å²) < 4.78 is 0. The van der Waals surface area contributed by atoms with Crippen molar-refractivity contribution in [3.63, 3.8) is 0 Å². The quantitative estimate of drug-likeness (QED) is 0.696. The molecule has 0 fully saturated rings. The molecule has 132 valence electrons. The third-order valence-electron chi connectivity index (χ3n) is 3.91. The van der Waals surface area contributed by atoms with Gasteiger partial charge in [-0.05, 0) is 24.6 Å². The smallest absolute Gasteiger partial charge is 0.272 e. The molecule has 1 aromatic heterocycles. The Hall–Kier alpha value is -2.92. The Morgan fingerprint density at radius 1 is 1.08 bits per heavy atom. The van der Waals surface area contributed by atoms with Gasteiger partial charge in [0.2, 0.25) is 0 Å². The van der Waals surface area contributed by atoms with E-state index in [2.05, 4.69) is 15.3 Å². The zero-order chi connectivity index (χ0) is 18.4. The van der Waals surface area contributed by atoms with Crippen molar-refractivity contribution in [2.45, 2.75) is 13.5 Å². The summed E-state index contributed by atoms with van der Waals surface area (Å²) in [7, 11) is 0. The lowest BCUT2D eigenvalue weighted by molar-refractivity contribution is 0.0746. The normalized spacial score (nSPS) is 10.4. The number of rotatable bonds is 6. The molecule has 6 heteroatoms. The number of amides is 1. The number of para-hydroxylation sites is 1. The number of anilines is 2. The van der Waals surface area contributed by atoms with Crippen molar-refractivity contribution in [1.82, 2.24) is 14.9 Å². The molecule has 5 nitrogen and oxygen atoms in total. The highest BCUT2D eigenvalue weighted by Crippen LogP contribution is 2.24. The zero-order valence-corrected chi connectivity index (χ0v) is 15.1. The number of halogens is 1. The van der Waals surface area contributed by atoms with Crippen molar-refractivity contribution in [1.29, 1.82) is 0 Å². The Bertz CT molecular complexity index is 886. The molecule has 3 rings (SSSR count). The molecule has 0 spiro atoms. The maximum Gasteiger partial charge on any atom is 0.272 e. The van der Waals surface area contributed by atoms with E-state index in [1.54, 1.807) is 17.0 Å². The molecule has 0 atom stereocenters. The summed E-state index contributed by atoms with van der Waals surface area (Å²) in [6.07, 6.45) is 1.38. The summed E-state index contributed by atoms with van der Waals surface area (Å²) in [6, 6.07) is 18.9. The molecule has 1 N–H and O–H groups in total. The van der Waals surface area contributed by atoms with Gasteiger partial charge in [0.05, 0.1) is 10.7 Å². The van der Waals surface area contributed by atoms with E-state index in [4.69, 9.17) is 11.6 Å². The van der Waals surface area contributed by atoms with Crippen LogP contribution in [-0.2, 0) is 6.54 Å².